The minimum Gasteiger partial charge on any atom is -0.478 e. The predicted octanol–water partition coefficient (Wildman–Crippen LogP) is 3.99. The van der Waals surface area contributed by atoms with Gasteiger partial charge in [-0.15, -0.1) is 19.7 Å². The molecule has 8 atom stereocenters. The van der Waals surface area contributed by atoms with Gasteiger partial charge in [-0.2, -0.15) is 0 Å². The quantitative estimate of drug-likeness (QED) is 0.0709. The van der Waals surface area contributed by atoms with Crippen LogP contribution in [0.25, 0.3) is 0 Å². The van der Waals surface area contributed by atoms with Gasteiger partial charge in [0.05, 0.1) is 23.4 Å². The number of carboxylic acid groups (broad SMARTS) is 1. The summed E-state index contributed by atoms with van der Waals surface area (Å²) < 4.78 is 23.3. The van der Waals surface area contributed by atoms with E-state index in [1.54, 1.807) is 32.9 Å². The van der Waals surface area contributed by atoms with E-state index in [1.165, 1.54) is 45.1 Å². The molecule has 12 heteroatoms. The topological polar surface area (TPSA) is 189 Å². The highest BCUT2D eigenvalue weighted by atomic mass is 16.7. The Hall–Kier alpha value is -3.39. The highest BCUT2D eigenvalue weighted by Crippen LogP contribution is 2.32. The summed E-state index contributed by atoms with van der Waals surface area (Å²) in [7, 11) is 0. The number of esters is 2. The summed E-state index contributed by atoms with van der Waals surface area (Å²) in [6.45, 7) is 19.5. The largest absolute Gasteiger partial charge is 0.478 e. The molecule has 1 saturated heterocycles. The molecule has 0 spiro atoms. The molecule has 3 unspecified atom stereocenters. The number of hydrogen-bond donors (Lipinski definition) is 5. The zero-order chi connectivity index (χ0) is 36.9. The first-order valence-electron chi connectivity index (χ1n) is 15.9. The normalized spacial score (nSPS) is 25.9. The Morgan fingerprint density at radius 2 is 1.19 bits per heavy atom. The zero-order valence-electron chi connectivity index (χ0n) is 29.0. The Labute approximate surface area is 283 Å². The van der Waals surface area contributed by atoms with Crippen LogP contribution in [-0.2, 0) is 33.3 Å². The van der Waals surface area contributed by atoms with E-state index in [0.29, 0.717) is 12.8 Å². The predicted molar refractivity (Wildman–Crippen MR) is 179 cm³/mol. The molecule has 0 aromatic rings. The zero-order valence-corrected chi connectivity index (χ0v) is 29.0. The lowest BCUT2D eigenvalue weighted by Gasteiger charge is -2.45. The van der Waals surface area contributed by atoms with Crippen molar-refractivity contribution in [1.82, 2.24) is 0 Å². The Kier molecular flexibility index (Phi) is 16.8. The second-order valence-corrected chi connectivity index (χ2v) is 12.8. The lowest BCUT2D eigenvalue weighted by Crippen LogP contribution is -2.62. The van der Waals surface area contributed by atoms with Gasteiger partial charge in [0.15, 0.2) is 18.5 Å². The standard InChI is InChI=1S/C36H54O12/c1-10-34(7,43)19-13-17-24(5)31(41)46-28-26(22-37)45-33(48-36(9,12-3)21-15-16-23(4)30(39)40)27(38)29(28)47-32(42)25(6)18-14-20-35(8,44)11-2/h10-12,16-18,26-29,33,37-38,43-44H,1-3,13-15,19-22H2,4-9H3,(H,39,40)/b23-16+,24-17+,25-18+/t26-,27-,28-,29-,33+,34?,35?,36?/m0/s1. The van der Waals surface area contributed by atoms with Crippen molar-refractivity contribution in [1.29, 1.82) is 0 Å². The minimum atomic E-state index is -1.72. The molecule has 270 valence electrons. The van der Waals surface area contributed by atoms with E-state index in [2.05, 4.69) is 19.7 Å². The van der Waals surface area contributed by atoms with Gasteiger partial charge in [0.1, 0.15) is 12.2 Å². The van der Waals surface area contributed by atoms with Crippen LogP contribution in [0.2, 0.25) is 0 Å². The van der Waals surface area contributed by atoms with Gasteiger partial charge in [-0.25, -0.2) is 14.4 Å². The smallest absolute Gasteiger partial charge is 0.333 e. The van der Waals surface area contributed by atoms with E-state index >= 15 is 0 Å². The van der Waals surface area contributed by atoms with Crippen molar-refractivity contribution in [3.63, 3.8) is 0 Å². The summed E-state index contributed by atoms with van der Waals surface area (Å²) >= 11 is 0. The van der Waals surface area contributed by atoms with Crippen LogP contribution in [0, 0.1) is 0 Å². The molecule has 1 aliphatic rings. The first kappa shape index (κ1) is 42.6. The number of aliphatic carboxylic acids is 1. The molecule has 48 heavy (non-hydrogen) atoms. The first-order valence-corrected chi connectivity index (χ1v) is 15.9. The molecule has 1 fully saturated rings. The number of ether oxygens (including phenoxy) is 4. The number of rotatable bonds is 20. The Bertz CT molecular complexity index is 1240. The second-order valence-electron chi connectivity index (χ2n) is 12.8. The molecule has 0 bridgehead atoms. The van der Waals surface area contributed by atoms with Gasteiger partial charge < -0.3 is 44.5 Å². The fourth-order valence-electron chi connectivity index (χ4n) is 4.52. The van der Waals surface area contributed by atoms with Crippen LogP contribution in [0.1, 0.15) is 80.1 Å². The van der Waals surface area contributed by atoms with Gasteiger partial charge in [-0.1, -0.05) is 36.5 Å². The fourth-order valence-corrected chi connectivity index (χ4v) is 4.52. The highest BCUT2D eigenvalue weighted by Gasteiger charge is 2.51. The number of hydrogen-bond acceptors (Lipinski definition) is 11. The number of carbonyl (C=O) groups is 3. The lowest BCUT2D eigenvalue weighted by molar-refractivity contribution is -0.322. The summed E-state index contributed by atoms with van der Waals surface area (Å²) in [5.41, 5.74) is -3.00. The van der Waals surface area contributed by atoms with E-state index in [1.807, 2.05) is 0 Å². The third kappa shape index (κ3) is 13.6. The van der Waals surface area contributed by atoms with E-state index in [4.69, 9.17) is 24.1 Å². The van der Waals surface area contributed by atoms with Crippen LogP contribution in [0.3, 0.4) is 0 Å². The lowest BCUT2D eigenvalue weighted by atomic mass is 9.96. The summed E-state index contributed by atoms with van der Waals surface area (Å²) in [5, 5.41) is 51.3. The molecule has 0 aromatic heterocycles. The average Bonchev–Trinajstić information content (AvgIpc) is 3.03. The molecule has 1 rings (SSSR count). The van der Waals surface area contributed by atoms with Crippen LogP contribution in [0.15, 0.2) is 72.9 Å². The number of aliphatic hydroxyl groups is 4. The molecular weight excluding hydrogens is 624 g/mol. The summed E-state index contributed by atoms with van der Waals surface area (Å²) in [4.78, 5) is 37.6. The number of carboxylic acids is 1. The van der Waals surface area contributed by atoms with Crippen LogP contribution in [-0.4, -0.2) is 97.6 Å². The van der Waals surface area contributed by atoms with Gasteiger partial charge in [-0.3, -0.25) is 0 Å². The second kappa shape index (κ2) is 19.0. The Morgan fingerprint density at radius 1 is 0.750 bits per heavy atom. The number of allylic oxidation sites excluding steroid dienone is 3. The van der Waals surface area contributed by atoms with Crippen molar-refractivity contribution in [3.8, 4) is 0 Å². The summed E-state index contributed by atoms with van der Waals surface area (Å²) in [6.07, 6.45) is 3.01. The fraction of sp³-hybridized carbons (Fsp3) is 0.583. The van der Waals surface area contributed by atoms with Crippen molar-refractivity contribution in [2.45, 2.75) is 128 Å². The maximum atomic E-state index is 13.2. The molecular formula is C36H54O12. The molecule has 1 heterocycles. The van der Waals surface area contributed by atoms with Crippen LogP contribution >= 0.6 is 0 Å². The summed E-state index contributed by atoms with van der Waals surface area (Å²) in [6, 6.07) is 0. The van der Waals surface area contributed by atoms with Gasteiger partial charge in [0.2, 0.25) is 0 Å². The van der Waals surface area contributed by atoms with Crippen molar-refractivity contribution in [2.24, 2.45) is 0 Å². The highest BCUT2D eigenvalue weighted by molar-refractivity contribution is 5.89. The molecule has 0 saturated carbocycles. The average molecular weight is 679 g/mol. The van der Waals surface area contributed by atoms with E-state index in [0.717, 1.165) is 0 Å². The van der Waals surface area contributed by atoms with Gasteiger partial charge in [0.25, 0.3) is 0 Å². The molecule has 1 aliphatic heterocycles. The number of carbonyl (C=O) groups excluding carboxylic acids is 2. The Balaban J connectivity index is 3.37. The van der Waals surface area contributed by atoms with E-state index in [9.17, 15) is 34.8 Å². The maximum Gasteiger partial charge on any atom is 0.333 e. The molecule has 0 radical (unpaired) electrons. The Morgan fingerprint density at radius 3 is 1.60 bits per heavy atom. The maximum absolute atomic E-state index is 13.2. The van der Waals surface area contributed by atoms with Gasteiger partial charge in [-0.05, 0) is 80.1 Å². The third-order valence-corrected chi connectivity index (χ3v) is 8.25. The SMILES string of the molecule is C=CC(C)(O)CC/C=C(\C)C(=O)O[C@@H]1[C@@H](OC(=O)/C(C)=C/CCC(C)(O)C=C)[C@H](O)[C@@H](OC(C)(C=C)CC/C=C(\C)C(=O)O)O[C@H]1CO. The minimum absolute atomic E-state index is 0.138. The third-order valence-electron chi connectivity index (χ3n) is 8.25. The number of aliphatic hydroxyl groups excluding tert-OH is 2. The van der Waals surface area contributed by atoms with Crippen LogP contribution < -0.4 is 0 Å². The molecule has 0 aliphatic carbocycles. The van der Waals surface area contributed by atoms with Crippen molar-refractivity contribution in [3.05, 3.63) is 72.9 Å². The van der Waals surface area contributed by atoms with E-state index < -0.39 is 72.0 Å². The van der Waals surface area contributed by atoms with Crippen LogP contribution in [0.5, 0.6) is 0 Å². The van der Waals surface area contributed by atoms with Crippen molar-refractivity contribution < 1.29 is 58.9 Å². The van der Waals surface area contributed by atoms with Gasteiger partial charge >= 0.3 is 17.9 Å². The molecule has 0 amide bonds. The molecule has 5 N–H and O–H groups in total. The van der Waals surface area contributed by atoms with Crippen molar-refractivity contribution >= 4 is 17.9 Å². The first-order chi connectivity index (χ1) is 22.2. The summed E-state index contributed by atoms with van der Waals surface area (Å²) in [5.74, 6) is -2.75. The van der Waals surface area contributed by atoms with Crippen molar-refractivity contribution in [2.75, 3.05) is 6.61 Å². The van der Waals surface area contributed by atoms with E-state index in [-0.39, 0.29) is 42.4 Å². The monoisotopic (exact) mass is 678 g/mol. The molecule has 0 aromatic carbocycles. The van der Waals surface area contributed by atoms with Gasteiger partial charge in [0, 0.05) is 16.7 Å². The van der Waals surface area contributed by atoms with Crippen LogP contribution in [0.4, 0.5) is 0 Å². The molecule has 12 nitrogen and oxygen atoms in total.